The summed E-state index contributed by atoms with van der Waals surface area (Å²) in [6.45, 7) is 0. The van der Waals surface area contributed by atoms with Crippen molar-refractivity contribution < 1.29 is 14.2 Å². The number of oxime groups is 1. The summed E-state index contributed by atoms with van der Waals surface area (Å²) >= 11 is 6.84. The number of carbonyl (C=O) groups is 1. The van der Waals surface area contributed by atoms with Crippen molar-refractivity contribution in [3.63, 3.8) is 0 Å². The highest BCUT2D eigenvalue weighted by atomic mass is 79.9. The Morgan fingerprint density at radius 1 is 0.906 bits per heavy atom. The van der Waals surface area contributed by atoms with Crippen molar-refractivity contribution in [2.45, 2.75) is 43.6 Å². The first-order valence-electron chi connectivity index (χ1n) is 10.1. The standard InChI is InChI=1S/2C11H10BrNO.Cl2OS/c12-8-1-2-9-6-3-7(4-6)11(13-14)10(9)5-8;12-7-1-2-9-6-3-8(4-6)13-11(14)10(9)5-7;1-4(2)3/h1-2,5-7,14H,3-4H2;1-2,5-6,8H,3-4H2,(H,13,14);/b13-11+;;. The van der Waals surface area contributed by atoms with E-state index in [1.54, 1.807) is 0 Å². The molecule has 2 heterocycles. The minimum absolute atomic E-state index is 0.0892. The van der Waals surface area contributed by atoms with Crippen molar-refractivity contribution in [2.24, 2.45) is 11.1 Å². The van der Waals surface area contributed by atoms with E-state index >= 15 is 0 Å². The number of fused-ring (bicyclic) bond motifs is 1. The molecule has 0 unspecified atom stereocenters. The number of nitrogens with zero attached hydrogens (tertiary/aromatic N) is 1. The van der Waals surface area contributed by atoms with E-state index in [1.165, 1.54) is 11.1 Å². The van der Waals surface area contributed by atoms with Gasteiger partial charge in [0.1, 0.15) is 0 Å². The van der Waals surface area contributed by atoms with Gasteiger partial charge in [0.25, 0.3) is 5.91 Å². The van der Waals surface area contributed by atoms with E-state index in [2.05, 4.69) is 88.0 Å². The number of rotatable bonds is 0. The largest absolute Gasteiger partial charge is 0.411 e. The first-order chi connectivity index (χ1) is 15.3. The molecule has 2 aromatic rings. The lowest BCUT2D eigenvalue weighted by Gasteiger charge is -2.42. The van der Waals surface area contributed by atoms with Gasteiger partial charge in [-0.05, 0) is 72.9 Å². The number of nitrogens with one attached hydrogen (secondary N) is 1. The minimum atomic E-state index is -1.67. The predicted octanol–water partition coefficient (Wildman–Crippen LogP) is 6.62. The lowest BCUT2D eigenvalue weighted by atomic mass is 9.61. The molecule has 0 atom stereocenters. The molecular weight excluding hydrogens is 603 g/mol. The molecule has 10 heteroatoms. The van der Waals surface area contributed by atoms with Gasteiger partial charge in [-0.1, -0.05) is 49.1 Å². The molecule has 32 heavy (non-hydrogen) atoms. The molecule has 2 N–H and O–H groups in total. The minimum Gasteiger partial charge on any atom is -0.411 e. The highest BCUT2D eigenvalue weighted by Gasteiger charge is 2.42. The van der Waals surface area contributed by atoms with Crippen molar-refractivity contribution >= 4 is 74.1 Å². The molecule has 0 saturated heterocycles. The van der Waals surface area contributed by atoms with Crippen molar-refractivity contribution in [3.8, 4) is 0 Å². The number of hydrogen-bond donors (Lipinski definition) is 2. The lowest BCUT2D eigenvalue weighted by Crippen LogP contribution is -2.39. The van der Waals surface area contributed by atoms with Gasteiger partial charge in [-0.15, -0.1) is 0 Å². The Morgan fingerprint density at radius 3 is 1.97 bits per heavy atom. The van der Waals surface area contributed by atoms with Gasteiger partial charge in [0.2, 0.25) is 9.23 Å². The highest BCUT2D eigenvalue weighted by molar-refractivity contribution is 9.10. The predicted molar refractivity (Wildman–Crippen MR) is 135 cm³/mol. The Morgan fingerprint density at radius 2 is 1.41 bits per heavy atom. The van der Waals surface area contributed by atoms with E-state index in [0.717, 1.165) is 51.5 Å². The Kier molecular flexibility index (Phi) is 7.67. The monoisotopic (exact) mass is 620 g/mol. The molecule has 170 valence electrons. The Bertz CT molecular complexity index is 1100. The maximum absolute atomic E-state index is 11.8. The normalized spacial score (nSPS) is 27.2. The van der Waals surface area contributed by atoms with Gasteiger partial charge < -0.3 is 10.5 Å². The quantitative estimate of drug-likeness (QED) is 0.197. The van der Waals surface area contributed by atoms with Crippen LogP contribution < -0.4 is 5.32 Å². The van der Waals surface area contributed by atoms with Gasteiger partial charge >= 0.3 is 0 Å². The molecule has 2 aliphatic heterocycles. The second kappa shape index (κ2) is 10.1. The van der Waals surface area contributed by atoms with Crippen LogP contribution in [0.25, 0.3) is 0 Å². The first-order valence-corrected chi connectivity index (χ1v) is 14.5. The number of halogens is 4. The van der Waals surface area contributed by atoms with Gasteiger partial charge in [-0.3, -0.25) is 4.79 Å². The third-order valence-corrected chi connectivity index (χ3v) is 7.52. The van der Waals surface area contributed by atoms with E-state index in [9.17, 15) is 4.79 Å². The fourth-order valence-electron chi connectivity index (χ4n) is 4.89. The Labute approximate surface area is 214 Å². The summed E-state index contributed by atoms with van der Waals surface area (Å²) < 4.78 is 11.1. The molecule has 6 aliphatic rings. The van der Waals surface area contributed by atoms with Gasteiger partial charge in [-0.2, -0.15) is 0 Å². The highest BCUT2D eigenvalue weighted by Crippen LogP contribution is 2.50. The summed E-state index contributed by atoms with van der Waals surface area (Å²) in [4.78, 5) is 11.8. The molecule has 8 rings (SSSR count). The summed E-state index contributed by atoms with van der Waals surface area (Å²) in [5.41, 5.74) is 5.44. The zero-order chi connectivity index (χ0) is 23.0. The molecule has 2 aromatic carbocycles. The van der Waals surface area contributed by atoms with Crippen LogP contribution in [0.15, 0.2) is 50.5 Å². The molecule has 2 saturated carbocycles. The van der Waals surface area contributed by atoms with Crippen molar-refractivity contribution in [3.05, 3.63) is 67.6 Å². The van der Waals surface area contributed by atoms with Crippen LogP contribution in [0.4, 0.5) is 0 Å². The number of carbonyl (C=O) groups excluding carboxylic acids is 1. The van der Waals surface area contributed by atoms with Crippen LogP contribution in [0, 0.1) is 5.92 Å². The second-order valence-corrected chi connectivity index (χ2v) is 12.7. The molecule has 5 nitrogen and oxygen atoms in total. The van der Waals surface area contributed by atoms with Crippen LogP contribution in [-0.2, 0) is 9.23 Å². The zero-order valence-corrected chi connectivity index (χ0v) is 22.2. The fraction of sp³-hybridized carbons (Fsp3) is 0.364. The van der Waals surface area contributed by atoms with Gasteiger partial charge in [0, 0.05) is 53.4 Å². The smallest absolute Gasteiger partial charge is 0.251 e. The van der Waals surface area contributed by atoms with Crippen LogP contribution >= 0.6 is 53.2 Å². The molecule has 4 aliphatic carbocycles. The summed E-state index contributed by atoms with van der Waals surface area (Å²) in [6.07, 6.45) is 4.54. The molecular formula is C22H20Br2Cl2N2O3S. The maximum Gasteiger partial charge on any atom is 0.251 e. The van der Waals surface area contributed by atoms with Gasteiger partial charge in [0.15, 0.2) is 0 Å². The zero-order valence-electron chi connectivity index (χ0n) is 16.7. The summed E-state index contributed by atoms with van der Waals surface area (Å²) in [5.74, 6) is 1.88. The Hall–Kier alpha value is -0.930. The van der Waals surface area contributed by atoms with E-state index in [1.807, 2.05) is 12.1 Å². The summed E-state index contributed by atoms with van der Waals surface area (Å²) in [6, 6.07) is 12.7. The van der Waals surface area contributed by atoms with E-state index in [0.29, 0.717) is 23.8 Å². The fourth-order valence-corrected chi connectivity index (χ4v) is 5.61. The number of hydrogen-bond acceptors (Lipinski definition) is 4. The SMILES string of the molecule is O/N=C1/c2cc(Br)ccc2C2CC1C2.O=C1NC2CC(C2)c2ccc(Br)cc21.O=S(Cl)Cl. The number of amides is 1. The summed E-state index contributed by atoms with van der Waals surface area (Å²) in [5, 5.41) is 15.5. The van der Waals surface area contributed by atoms with Crippen LogP contribution in [-0.4, -0.2) is 27.1 Å². The van der Waals surface area contributed by atoms with Crippen molar-refractivity contribution in [2.75, 3.05) is 0 Å². The molecule has 0 radical (unpaired) electrons. The third-order valence-electron chi connectivity index (χ3n) is 6.54. The van der Waals surface area contributed by atoms with Crippen LogP contribution in [0.5, 0.6) is 0 Å². The Balaban J connectivity index is 0.000000132. The molecule has 1 amide bonds. The van der Waals surface area contributed by atoms with Gasteiger partial charge in [-0.25, -0.2) is 4.21 Å². The average Bonchev–Trinajstić information content (AvgIpc) is 2.90. The van der Waals surface area contributed by atoms with E-state index < -0.39 is 9.23 Å². The van der Waals surface area contributed by atoms with Gasteiger partial charge in [0.05, 0.1) is 5.71 Å². The number of benzene rings is 2. The molecule has 4 bridgehead atoms. The summed E-state index contributed by atoms with van der Waals surface area (Å²) in [7, 11) is 7.36. The molecule has 0 aromatic heterocycles. The molecule has 2 fully saturated rings. The van der Waals surface area contributed by atoms with Crippen molar-refractivity contribution in [1.29, 1.82) is 0 Å². The maximum atomic E-state index is 11.8. The molecule has 0 spiro atoms. The van der Waals surface area contributed by atoms with E-state index in [-0.39, 0.29) is 5.91 Å². The van der Waals surface area contributed by atoms with Crippen LogP contribution in [0.3, 0.4) is 0 Å². The average molecular weight is 623 g/mol. The third kappa shape index (κ3) is 5.09. The van der Waals surface area contributed by atoms with E-state index in [4.69, 9.17) is 9.42 Å². The van der Waals surface area contributed by atoms with Crippen LogP contribution in [0.1, 0.15) is 64.6 Å². The van der Waals surface area contributed by atoms with Crippen molar-refractivity contribution in [1.82, 2.24) is 5.32 Å². The topological polar surface area (TPSA) is 78.8 Å². The van der Waals surface area contributed by atoms with Crippen LogP contribution in [0.2, 0.25) is 0 Å². The first kappa shape index (κ1) is 24.2. The lowest BCUT2D eigenvalue weighted by molar-refractivity contribution is 0.0926. The second-order valence-electron chi connectivity index (χ2n) is 8.34.